The van der Waals surface area contributed by atoms with Gasteiger partial charge in [-0.25, -0.2) is 4.98 Å². The van der Waals surface area contributed by atoms with Crippen molar-refractivity contribution in [3.05, 3.63) is 59.9 Å². The Labute approximate surface area is 165 Å². The number of benzene rings is 1. The van der Waals surface area contributed by atoms with E-state index < -0.39 is 11.9 Å². The summed E-state index contributed by atoms with van der Waals surface area (Å²) in [7, 11) is 0. The number of hydrogen-bond acceptors (Lipinski definition) is 3. The summed E-state index contributed by atoms with van der Waals surface area (Å²) in [6.07, 6.45) is -2.81. The molecule has 1 aromatic carbocycles. The van der Waals surface area contributed by atoms with Gasteiger partial charge in [0.1, 0.15) is 11.4 Å². The summed E-state index contributed by atoms with van der Waals surface area (Å²) in [5.74, 6) is 0.552. The van der Waals surface area contributed by atoms with Gasteiger partial charge in [-0.2, -0.15) is 13.2 Å². The van der Waals surface area contributed by atoms with Gasteiger partial charge in [-0.1, -0.05) is 18.2 Å². The molecule has 2 aromatic heterocycles. The van der Waals surface area contributed by atoms with Gasteiger partial charge in [0.05, 0.1) is 11.0 Å². The number of para-hydroxylation sites is 1. The number of H-pyrrole nitrogens is 1. The van der Waals surface area contributed by atoms with E-state index in [-0.39, 0.29) is 23.9 Å². The van der Waals surface area contributed by atoms with Gasteiger partial charge in [-0.05, 0) is 43.2 Å². The van der Waals surface area contributed by atoms with Gasteiger partial charge >= 0.3 is 6.18 Å². The number of rotatable bonds is 4. The Bertz CT molecular complexity index is 1000. The van der Waals surface area contributed by atoms with Crippen molar-refractivity contribution in [2.24, 2.45) is 0 Å². The van der Waals surface area contributed by atoms with E-state index in [9.17, 15) is 18.0 Å². The lowest BCUT2D eigenvalue weighted by atomic mass is 9.95. The second-order valence-corrected chi connectivity index (χ2v) is 7.13. The lowest BCUT2D eigenvalue weighted by Gasteiger charge is -2.32. The van der Waals surface area contributed by atoms with E-state index in [1.165, 1.54) is 6.07 Å². The highest BCUT2D eigenvalue weighted by atomic mass is 19.4. The van der Waals surface area contributed by atoms with Crippen LogP contribution in [0.3, 0.4) is 0 Å². The minimum atomic E-state index is -4.47. The monoisotopic (exact) mass is 403 g/mol. The number of halogens is 3. The molecule has 4 rings (SSSR count). The number of piperidine rings is 1. The van der Waals surface area contributed by atoms with Gasteiger partial charge in [0.2, 0.25) is 0 Å². The van der Waals surface area contributed by atoms with Crippen molar-refractivity contribution in [2.75, 3.05) is 19.7 Å². The number of nitrogens with one attached hydrogen (secondary N) is 1. The van der Waals surface area contributed by atoms with Crippen LogP contribution in [0.4, 0.5) is 13.2 Å². The molecule has 1 amide bonds. The lowest BCUT2D eigenvalue weighted by Crippen LogP contribution is -2.41. The van der Waals surface area contributed by atoms with Crippen molar-refractivity contribution >= 4 is 16.9 Å². The summed E-state index contributed by atoms with van der Waals surface area (Å²) in [6, 6.07) is 13.2. The molecular weight excluding hydrogens is 383 g/mol. The first kappa shape index (κ1) is 19.3. The predicted octanol–water partition coefficient (Wildman–Crippen LogP) is 4.37. The largest absolute Gasteiger partial charge is 0.484 e. The number of carbonyl (C=O) groups excluding carboxylic acids is 1. The third kappa shape index (κ3) is 4.36. The van der Waals surface area contributed by atoms with E-state index in [1.807, 2.05) is 18.2 Å². The minimum absolute atomic E-state index is 0.0213. The zero-order chi connectivity index (χ0) is 20.4. The van der Waals surface area contributed by atoms with Crippen molar-refractivity contribution in [2.45, 2.75) is 24.9 Å². The van der Waals surface area contributed by atoms with Crippen LogP contribution in [0.15, 0.2) is 48.5 Å². The molecule has 1 unspecified atom stereocenters. The summed E-state index contributed by atoms with van der Waals surface area (Å²) in [5.41, 5.74) is 0.733. The molecule has 5 nitrogen and oxygen atoms in total. The van der Waals surface area contributed by atoms with Crippen molar-refractivity contribution in [1.82, 2.24) is 14.9 Å². The van der Waals surface area contributed by atoms with Gasteiger partial charge in [0.25, 0.3) is 5.91 Å². The molecule has 29 heavy (non-hydrogen) atoms. The molecule has 152 valence electrons. The third-order valence-corrected chi connectivity index (χ3v) is 5.11. The maximum absolute atomic E-state index is 12.9. The number of aromatic nitrogens is 2. The average Bonchev–Trinajstić information content (AvgIpc) is 3.16. The first-order valence-corrected chi connectivity index (χ1v) is 9.42. The first-order valence-electron chi connectivity index (χ1n) is 9.42. The Kier molecular flexibility index (Phi) is 5.17. The number of ether oxygens (including phenoxy) is 1. The van der Waals surface area contributed by atoms with Gasteiger partial charge in [0.15, 0.2) is 6.61 Å². The highest BCUT2D eigenvalue weighted by Crippen LogP contribution is 2.32. The molecule has 1 aliphatic heterocycles. The summed E-state index contributed by atoms with van der Waals surface area (Å²) >= 11 is 0. The van der Waals surface area contributed by atoms with E-state index in [2.05, 4.69) is 9.97 Å². The molecule has 1 aliphatic rings. The van der Waals surface area contributed by atoms with Crippen LogP contribution in [0.5, 0.6) is 5.75 Å². The smallest absolute Gasteiger partial charge is 0.433 e. The quantitative estimate of drug-likeness (QED) is 0.704. The van der Waals surface area contributed by atoms with Crippen molar-refractivity contribution in [3.63, 3.8) is 0 Å². The standard InChI is InChI=1S/C21H20F3N3O2/c22-21(23,24)19-9-8-16-18(26-19)11-17(25-16)14-5-4-10-27(12-14)20(28)13-29-15-6-2-1-3-7-15/h1-3,6-9,11,14,25H,4-5,10,12-13H2. The lowest BCUT2D eigenvalue weighted by molar-refractivity contribution is -0.141. The Morgan fingerprint density at radius 2 is 2.00 bits per heavy atom. The van der Waals surface area contributed by atoms with E-state index in [0.717, 1.165) is 24.6 Å². The maximum atomic E-state index is 12.9. The topological polar surface area (TPSA) is 58.2 Å². The van der Waals surface area contributed by atoms with Crippen LogP contribution in [-0.2, 0) is 11.0 Å². The molecule has 0 spiro atoms. The van der Waals surface area contributed by atoms with E-state index in [0.29, 0.717) is 24.4 Å². The Morgan fingerprint density at radius 1 is 1.21 bits per heavy atom. The number of alkyl halides is 3. The molecule has 3 aromatic rings. The predicted molar refractivity (Wildman–Crippen MR) is 102 cm³/mol. The number of nitrogens with zero attached hydrogens (tertiary/aromatic N) is 2. The SMILES string of the molecule is O=C(COc1ccccc1)N1CCCC(c2cc3nc(C(F)(F)F)ccc3[nH]2)C1. The molecule has 1 saturated heterocycles. The number of amides is 1. The molecule has 0 bridgehead atoms. The summed E-state index contributed by atoms with van der Waals surface area (Å²) < 4.78 is 44.2. The second-order valence-electron chi connectivity index (χ2n) is 7.13. The van der Waals surface area contributed by atoms with Crippen LogP contribution in [0.1, 0.15) is 30.1 Å². The zero-order valence-corrected chi connectivity index (χ0v) is 15.6. The van der Waals surface area contributed by atoms with E-state index in [1.54, 1.807) is 23.1 Å². The molecule has 1 N–H and O–H groups in total. The molecule has 1 fully saturated rings. The normalized spacial score (nSPS) is 17.5. The number of aromatic amines is 1. The van der Waals surface area contributed by atoms with Crippen LogP contribution >= 0.6 is 0 Å². The number of likely N-dealkylation sites (tertiary alicyclic amines) is 1. The fraction of sp³-hybridized carbons (Fsp3) is 0.333. The number of fused-ring (bicyclic) bond motifs is 1. The zero-order valence-electron chi connectivity index (χ0n) is 15.6. The Hall–Kier alpha value is -3.03. The van der Waals surface area contributed by atoms with Gasteiger partial charge in [0, 0.05) is 24.7 Å². The van der Waals surface area contributed by atoms with Crippen LogP contribution in [0, 0.1) is 0 Å². The fourth-order valence-corrected chi connectivity index (χ4v) is 3.62. The summed E-state index contributed by atoms with van der Waals surface area (Å²) in [5, 5.41) is 0. The summed E-state index contributed by atoms with van der Waals surface area (Å²) in [4.78, 5) is 21.2. The Morgan fingerprint density at radius 3 is 2.76 bits per heavy atom. The third-order valence-electron chi connectivity index (χ3n) is 5.11. The van der Waals surface area contributed by atoms with Gasteiger partial charge in [-0.3, -0.25) is 4.79 Å². The number of pyridine rings is 1. The van der Waals surface area contributed by atoms with Crippen LogP contribution < -0.4 is 4.74 Å². The van der Waals surface area contributed by atoms with Crippen molar-refractivity contribution in [3.8, 4) is 5.75 Å². The van der Waals surface area contributed by atoms with Crippen LogP contribution in [-0.4, -0.2) is 40.5 Å². The van der Waals surface area contributed by atoms with Gasteiger partial charge < -0.3 is 14.6 Å². The van der Waals surface area contributed by atoms with Crippen LogP contribution in [0.2, 0.25) is 0 Å². The number of carbonyl (C=O) groups is 1. The molecule has 0 aliphatic carbocycles. The maximum Gasteiger partial charge on any atom is 0.433 e. The summed E-state index contributed by atoms with van der Waals surface area (Å²) in [6.45, 7) is 1.10. The first-order chi connectivity index (χ1) is 13.9. The number of hydrogen-bond donors (Lipinski definition) is 1. The molecular formula is C21H20F3N3O2. The van der Waals surface area contributed by atoms with Crippen molar-refractivity contribution in [1.29, 1.82) is 0 Å². The van der Waals surface area contributed by atoms with E-state index in [4.69, 9.17) is 4.74 Å². The van der Waals surface area contributed by atoms with Gasteiger partial charge in [-0.15, -0.1) is 0 Å². The van der Waals surface area contributed by atoms with E-state index >= 15 is 0 Å². The molecule has 0 saturated carbocycles. The Balaban J connectivity index is 1.44. The molecule has 3 heterocycles. The fourth-order valence-electron chi connectivity index (χ4n) is 3.62. The molecule has 8 heteroatoms. The van der Waals surface area contributed by atoms with Crippen LogP contribution in [0.25, 0.3) is 11.0 Å². The average molecular weight is 403 g/mol. The minimum Gasteiger partial charge on any atom is -0.484 e. The highest BCUT2D eigenvalue weighted by Gasteiger charge is 2.33. The molecule has 1 atom stereocenters. The highest BCUT2D eigenvalue weighted by molar-refractivity contribution is 5.78. The second kappa shape index (κ2) is 7.77. The van der Waals surface area contributed by atoms with Crippen molar-refractivity contribution < 1.29 is 22.7 Å². The molecule has 0 radical (unpaired) electrons.